The fraction of sp³-hybridized carbons (Fsp3) is 0.545. The molecule has 0 aromatic heterocycles. The second-order valence-electron chi connectivity index (χ2n) is 4.24. The quantitative estimate of drug-likeness (QED) is 0.593. The third-order valence-corrected chi connectivity index (χ3v) is 2.57. The van der Waals surface area contributed by atoms with E-state index in [9.17, 15) is 14.4 Å². The van der Waals surface area contributed by atoms with Crippen LogP contribution in [0.1, 0.15) is 12.8 Å². The highest BCUT2D eigenvalue weighted by Crippen LogP contribution is 2.07. The van der Waals surface area contributed by atoms with Crippen LogP contribution < -0.4 is 10.6 Å². The molecule has 7 heteroatoms. The van der Waals surface area contributed by atoms with Gasteiger partial charge in [-0.3, -0.25) is 10.1 Å². The molecule has 1 aliphatic heterocycles. The molecular formula is C11H17N3O4. The maximum absolute atomic E-state index is 11.4. The van der Waals surface area contributed by atoms with E-state index in [0.717, 1.165) is 32.0 Å². The highest BCUT2D eigenvalue weighted by atomic mass is 16.4. The Balaban J connectivity index is 2.32. The minimum atomic E-state index is -1.24. The van der Waals surface area contributed by atoms with Crippen LogP contribution in [0.2, 0.25) is 0 Å². The number of carbonyl (C=O) groups is 3. The first-order valence-electron chi connectivity index (χ1n) is 5.68. The summed E-state index contributed by atoms with van der Waals surface area (Å²) in [7, 11) is 1.96. The molecule has 7 nitrogen and oxygen atoms in total. The number of rotatable bonds is 3. The van der Waals surface area contributed by atoms with Crippen molar-refractivity contribution in [1.29, 1.82) is 0 Å². The summed E-state index contributed by atoms with van der Waals surface area (Å²) in [4.78, 5) is 34.8. The molecule has 1 heterocycles. The van der Waals surface area contributed by atoms with Crippen LogP contribution in [0.25, 0.3) is 0 Å². The van der Waals surface area contributed by atoms with Crippen molar-refractivity contribution in [2.75, 3.05) is 20.1 Å². The average Bonchev–Trinajstić information content (AvgIpc) is 2.26. The zero-order chi connectivity index (χ0) is 13.5. The van der Waals surface area contributed by atoms with Gasteiger partial charge in [0.25, 0.3) is 5.91 Å². The van der Waals surface area contributed by atoms with Crippen LogP contribution in [0.5, 0.6) is 0 Å². The minimum absolute atomic E-state index is 0.0139. The Kier molecular flexibility index (Phi) is 5.31. The van der Waals surface area contributed by atoms with Gasteiger partial charge in [-0.25, -0.2) is 9.59 Å². The zero-order valence-corrected chi connectivity index (χ0v) is 10.2. The van der Waals surface area contributed by atoms with Crippen LogP contribution in [0.3, 0.4) is 0 Å². The van der Waals surface area contributed by atoms with Gasteiger partial charge in [0, 0.05) is 24.7 Å². The zero-order valence-electron chi connectivity index (χ0n) is 10.2. The Morgan fingerprint density at radius 2 is 2.06 bits per heavy atom. The van der Waals surface area contributed by atoms with E-state index in [1.165, 1.54) is 0 Å². The Labute approximate surface area is 105 Å². The first kappa shape index (κ1) is 14.2. The van der Waals surface area contributed by atoms with E-state index in [0.29, 0.717) is 6.08 Å². The van der Waals surface area contributed by atoms with Gasteiger partial charge in [-0.1, -0.05) is 0 Å². The fourth-order valence-electron chi connectivity index (χ4n) is 1.81. The molecule has 3 amide bonds. The Morgan fingerprint density at radius 3 is 2.67 bits per heavy atom. The van der Waals surface area contributed by atoms with Gasteiger partial charge < -0.3 is 15.3 Å². The molecule has 1 saturated heterocycles. The van der Waals surface area contributed by atoms with E-state index in [1.54, 1.807) is 0 Å². The van der Waals surface area contributed by atoms with E-state index >= 15 is 0 Å². The summed E-state index contributed by atoms with van der Waals surface area (Å²) in [5, 5.41) is 13.0. The number of hydrogen-bond donors (Lipinski definition) is 3. The SMILES string of the molecule is CN1CCCC(NC(=O)NC(=O)C=CC(=O)O)C1. The normalized spacial score (nSPS) is 20.6. The highest BCUT2D eigenvalue weighted by molar-refractivity contribution is 6.02. The number of carboxylic acids is 1. The number of carboxylic acid groups (broad SMARTS) is 1. The fourth-order valence-corrected chi connectivity index (χ4v) is 1.81. The lowest BCUT2D eigenvalue weighted by Gasteiger charge is -2.29. The van der Waals surface area contributed by atoms with Crippen molar-refractivity contribution < 1.29 is 19.5 Å². The molecule has 0 bridgehead atoms. The lowest BCUT2D eigenvalue weighted by Crippen LogP contribution is -2.50. The topological polar surface area (TPSA) is 98.7 Å². The first-order valence-corrected chi connectivity index (χ1v) is 5.68. The van der Waals surface area contributed by atoms with Crippen molar-refractivity contribution >= 4 is 17.9 Å². The summed E-state index contributed by atoms with van der Waals surface area (Å²) in [5.41, 5.74) is 0. The van der Waals surface area contributed by atoms with Gasteiger partial charge in [0.2, 0.25) is 0 Å². The van der Waals surface area contributed by atoms with Crippen LogP contribution in [0, 0.1) is 0 Å². The van der Waals surface area contributed by atoms with Gasteiger partial charge in [0.1, 0.15) is 0 Å². The molecule has 100 valence electrons. The Bertz CT molecular complexity index is 367. The molecule has 1 fully saturated rings. The number of aliphatic carboxylic acids is 1. The number of likely N-dealkylation sites (tertiary alicyclic amines) is 1. The molecule has 0 aromatic rings. The number of hydrogen-bond acceptors (Lipinski definition) is 4. The highest BCUT2D eigenvalue weighted by Gasteiger charge is 2.19. The van der Waals surface area contributed by atoms with E-state index in [-0.39, 0.29) is 6.04 Å². The van der Waals surface area contributed by atoms with Crippen LogP contribution in [-0.2, 0) is 9.59 Å². The molecule has 0 aromatic carbocycles. The van der Waals surface area contributed by atoms with Crippen molar-refractivity contribution in [2.24, 2.45) is 0 Å². The predicted molar refractivity (Wildman–Crippen MR) is 64.0 cm³/mol. The van der Waals surface area contributed by atoms with Crippen LogP contribution in [-0.4, -0.2) is 54.1 Å². The van der Waals surface area contributed by atoms with E-state index in [2.05, 4.69) is 10.2 Å². The van der Waals surface area contributed by atoms with Crippen LogP contribution >= 0.6 is 0 Å². The second kappa shape index (κ2) is 6.75. The number of urea groups is 1. The van der Waals surface area contributed by atoms with Crippen LogP contribution in [0.15, 0.2) is 12.2 Å². The van der Waals surface area contributed by atoms with Gasteiger partial charge in [-0.05, 0) is 26.4 Å². The average molecular weight is 255 g/mol. The number of amides is 3. The Hall–Kier alpha value is -1.89. The number of piperidine rings is 1. The summed E-state index contributed by atoms with van der Waals surface area (Å²) in [5.74, 6) is -1.99. The first-order chi connectivity index (χ1) is 8.47. The van der Waals surface area contributed by atoms with E-state index in [1.807, 2.05) is 12.4 Å². The monoisotopic (exact) mass is 255 g/mol. The van der Waals surface area contributed by atoms with Gasteiger partial charge >= 0.3 is 12.0 Å². The maximum atomic E-state index is 11.4. The molecular weight excluding hydrogens is 238 g/mol. The predicted octanol–water partition coefficient (Wildman–Crippen LogP) is -0.453. The van der Waals surface area contributed by atoms with Gasteiger partial charge in [0.05, 0.1) is 0 Å². The molecule has 0 radical (unpaired) electrons. The standard InChI is InChI=1S/C11H17N3O4/c1-14-6-2-3-8(7-14)12-11(18)13-9(15)4-5-10(16)17/h4-5,8H,2-3,6-7H2,1H3,(H,16,17)(H2,12,13,15,18). The molecule has 1 rings (SSSR count). The number of nitrogens with one attached hydrogen (secondary N) is 2. The van der Waals surface area contributed by atoms with Crippen LogP contribution in [0.4, 0.5) is 4.79 Å². The Morgan fingerprint density at radius 1 is 1.33 bits per heavy atom. The van der Waals surface area contributed by atoms with Crippen molar-refractivity contribution in [3.05, 3.63) is 12.2 Å². The number of carbonyl (C=O) groups excluding carboxylic acids is 2. The van der Waals surface area contributed by atoms with E-state index in [4.69, 9.17) is 5.11 Å². The number of nitrogens with zero attached hydrogens (tertiary/aromatic N) is 1. The van der Waals surface area contributed by atoms with Gasteiger partial charge in [0.15, 0.2) is 0 Å². The summed E-state index contributed by atoms with van der Waals surface area (Å²) in [6.45, 7) is 1.74. The smallest absolute Gasteiger partial charge is 0.328 e. The minimum Gasteiger partial charge on any atom is -0.478 e. The third-order valence-electron chi connectivity index (χ3n) is 2.57. The third kappa shape index (κ3) is 5.44. The second-order valence-corrected chi connectivity index (χ2v) is 4.24. The van der Waals surface area contributed by atoms with Gasteiger partial charge in [-0.15, -0.1) is 0 Å². The van der Waals surface area contributed by atoms with Gasteiger partial charge in [-0.2, -0.15) is 0 Å². The molecule has 3 N–H and O–H groups in total. The molecule has 0 spiro atoms. The summed E-state index contributed by atoms with van der Waals surface area (Å²) in [6, 6.07) is -0.588. The largest absolute Gasteiger partial charge is 0.478 e. The molecule has 0 aliphatic carbocycles. The summed E-state index contributed by atoms with van der Waals surface area (Å²) >= 11 is 0. The van der Waals surface area contributed by atoms with Crippen molar-refractivity contribution in [2.45, 2.75) is 18.9 Å². The number of imide groups is 1. The molecule has 0 saturated carbocycles. The van der Waals surface area contributed by atoms with E-state index < -0.39 is 17.9 Å². The summed E-state index contributed by atoms with van der Waals surface area (Å²) < 4.78 is 0. The molecule has 1 aliphatic rings. The molecule has 18 heavy (non-hydrogen) atoms. The molecule has 1 unspecified atom stereocenters. The number of likely N-dealkylation sites (N-methyl/N-ethyl adjacent to an activating group) is 1. The molecule has 1 atom stereocenters. The van der Waals surface area contributed by atoms with Crippen molar-refractivity contribution in [3.8, 4) is 0 Å². The lowest BCUT2D eigenvalue weighted by molar-refractivity contribution is -0.131. The maximum Gasteiger partial charge on any atom is 0.328 e. The van der Waals surface area contributed by atoms with Crippen molar-refractivity contribution in [1.82, 2.24) is 15.5 Å². The lowest BCUT2D eigenvalue weighted by atomic mass is 10.1. The summed E-state index contributed by atoms with van der Waals surface area (Å²) in [6.07, 6.45) is 3.34. The van der Waals surface area contributed by atoms with Crippen molar-refractivity contribution in [3.63, 3.8) is 0 Å².